The van der Waals surface area contributed by atoms with Gasteiger partial charge in [0.25, 0.3) is 0 Å². The SMILES string of the molecule is CN(C)c1nc(N[C@H]2CC[C@@H](NC(=O)OC(C)(C)C)CC2)ncc1C(F)(F)F. The van der Waals surface area contributed by atoms with Crippen molar-refractivity contribution in [1.82, 2.24) is 15.3 Å². The summed E-state index contributed by atoms with van der Waals surface area (Å²) in [5, 5.41) is 5.96. The molecule has 1 saturated carbocycles. The van der Waals surface area contributed by atoms with Gasteiger partial charge < -0.3 is 20.3 Å². The van der Waals surface area contributed by atoms with Crippen LogP contribution in [0.25, 0.3) is 0 Å². The zero-order chi connectivity index (χ0) is 21.1. The number of rotatable bonds is 4. The van der Waals surface area contributed by atoms with Crippen LogP contribution in [-0.2, 0) is 10.9 Å². The highest BCUT2D eigenvalue weighted by Crippen LogP contribution is 2.35. The van der Waals surface area contributed by atoms with Crippen molar-refractivity contribution in [3.8, 4) is 0 Å². The van der Waals surface area contributed by atoms with Gasteiger partial charge in [0.2, 0.25) is 5.95 Å². The third kappa shape index (κ3) is 6.42. The Bertz CT molecular complexity index is 681. The van der Waals surface area contributed by atoms with Crippen LogP contribution in [-0.4, -0.2) is 47.8 Å². The lowest BCUT2D eigenvalue weighted by atomic mass is 9.91. The van der Waals surface area contributed by atoms with Crippen molar-refractivity contribution in [3.63, 3.8) is 0 Å². The number of carbonyl (C=O) groups is 1. The Morgan fingerprint density at radius 1 is 1.14 bits per heavy atom. The maximum absolute atomic E-state index is 13.1. The Balaban J connectivity index is 1.92. The van der Waals surface area contributed by atoms with Crippen LogP contribution in [0.1, 0.15) is 52.0 Å². The molecule has 1 aliphatic rings. The first-order valence-electron chi connectivity index (χ1n) is 9.23. The number of alkyl carbamates (subject to hydrolysis) is 1. The van der Waals surface area contributed by atoms with Gasteiger partial charge in [-0.1, -0.05) is 0 Å². The lowest BCUT2D eigenvalue weighted by Gasteiger charge is -2.30. The maximum atomic E-state index is 13.1. The molecule has 1 fully saturated rings. The molecule has 0 bridgehead atoms. The van der Waals surface area contributed by atoms with Gasteiger partial charge >= 0.3 is 12.3 Å². The van der Waals surface area contributed by atoms with Gasteiger partial charge in [-0.2, -0.15) is 18.2 Å². The highest BCUT2D eigenvalue weighted by molar-refractivity contribution is 5.68. The fourth-order valence-corrected chi connectivity index (χ4v) is 3.02. The number of halogens is 3. The fraction of sp³-hybridized carbons (Fsp3) is 0.722. The molecule has 0 saturated heterocycles. The number of alkyl halides is 3. The van der Waals surface area contributed by atoms with Gasteiger partial charge in [0.15, 0.2) is 0 Å². The summed E-state index contributed by atoms with van der Waals surface area (Å²) >= 11 is 0. The van der Waals surface area contributed by atoms with Gasteiger partial charge in [-0.15, -0.1) is 0 Å². The molecule has 2 rings (SSSR count). The van der Waals surface area contributed by atoms with E-state index in [2.05, 4.69) is 20.6 Å². The molecule has 1 heterocycles. The molecule has 158 valence electrons. The van der Waals surface area contributed by atoms with E-state index in [4.69, 9.17) is 4.74 Å². The van der Waals surface area contributed by atoms with Crippen molar-refractivity contribution in [2.24, 2.45) is 0 Å². The van der Waals surface area contributed by atoms with E-state index >= 15 is 0 Å². The molecule has 7 nitrogen and oxygen atoms in total. The molecule has 0 atom stereocenters. The number of nitrogens with zero attached hydrogens (tertiary/aromatic N) is 3. The number of ether oxygens (including phenoxy) is 1. The zero-order valence-electron chi connectivity index (χ0n) is 16.9. The standard InChI is InChI=1S/C18H28F3N5O2/c1-17(2,3)28-16(27)24-12-8-6-11(7-9-12)23-15-22-10-13(18(19,20)21)14(25-15)26(4)5/h10-12H,6-9H2,1-5H3,(H,24,27)(H,22,23,25)/t11-,12+. The maximum Gasteiger partial charge on any atom is 0.421 e. The Morgan fingerprint density at radius 2 is 1.71 bits per heavy atom. The highest BCUT2D eigenvalue weighted by Gasteiger charge is 2.36. The number of carbonyl (C=O) groups excluding carboxylic acids is 1. The van der Waals surface area contributed by atoms with Gasteiger partial charge in [-0.05, 0) is 46.5 Å². The molecule has 10 heteroatoms. The summed E-state index contributed by atoms with van der Waals surface area (Å²) in [5.74, 6) is -0.00877. The second-order valence-corrected chi connectivity index (χ2v) is 8.16. The minimum absolute atomic E-state index is 0.0127. The van der Waals surface area contributed by atoms with E-state index in [-0.39, 0.29) is 23.8 Å². The Morgan fingerprint density at radius 3 is 2.21 bits per heavy atom. The van der Waals surface area contributed by atoms with Crippen molar-refractivity contribution in [2.45, 2.75) is 70.3 Å². The summed E-state index contributed by atoms with van der Waals surface area (Å²) in [4.78, 5) is 21.0. The summed E-state index contributed by atoms with van der Waals surface area (Å²) in [7, 11) is 3.02. The minimum Gasteiger partial charge on any atom is -0.444 e. The summed E-state index contributed by atoms with van der Waals surface area (Å²) in [5.41, 5.74) is -1.42. The lowest BCUT2D eigenvalue weighted by molar-refractivity contribution is -0.137. The number of hydrogen-bond acceptors (Lipinski definition) is 6. The molecule has 1 aromatic rings. The van der Waals surface area contributed by atoms with Crippen LogP contribution in [0.5, 0.6) is 0 Å². The van der Waals surface area contributed by atoms with Gasteiger partial charge in [0, 0.05) is 32.4 Å². The first kappa shape index (κ1) is 22.0. The third-order valence-corrected chi connectivity index (χ3v) is 4.28. The van der Waals surface area contributed by atoms with Crippen molar-refractivity contribution in [2.75, 3.05) is 24.3 Å². The smallest absolute Gasteiger partial charge is 0.421 e. The normalized spacial score (nSPS) is 20.4. The average molecular weight is 403 g/mol. The number of hydrogen-bond donors (Lipinski definition) is 2. The summed E-state index contributed by atoms with van der Waals surface area (Å²) < 4.78 is 44.5. The molecule has 1 amide bonds. The second kappa shape index (κ2) is 8.40. The van der Waals surface area contributed by atoms with Crippen LogP contribution in [0.4, 0.5) is 29.7 Å². The quantitative estimate of drug-likeness (QED) is 0.796. The summed E-state index contributed by atoms with van der Waals surface area (Å²) in [6.07, 6.45) is -1.20. The largest absolute Gasteiger partial charge is 0.444 e. The first-order valence-corrected chi connectivity index (χ1v) is 9.23. The predicted molar refractivity (Wildman–Crippen MR) is 100 cm³/mol. The zero-order valence-corrected chi connectivity index (χ0v) is 16.9. The lowest BCUT2D eigenvalue weighted by Crippen LogP contribution is -2.42. The Labute approximate surface area is 163 Å². The van der Waals surface area contributed by atoms with E-state index in [0.29, 0.717) is 0 Å². The van der Waals surface area contributed by atoms with Crippen LogP contribution < -0.4 is 15.5 Å². The molecule has 0 aromatic carbocycles. The van der Waals surface area contributed by atoms with Crippen LogP contribution in [0.3, 0.4) is 0 Å². The van der Waals surface area contributed by atoms with Crippen LogP contribution in [0.15, 0.2) is 6.20 Å². The highest BCUT2D eigenvalue weighted by atomic mass is 19.4. The first-order chi connectivity index (χ1) is 12.8. The predicted octanol–water partition coefficient (Wildman–Crippen LogP) is 3.81. The molecule has 2 N–H and O–H groups in total. The van der Waals surface area contributed by atoms with Gasteiger partial charge in [-0.3, -0.25) is 0 Å². The molecule has 0 aliphatic heterocycles. The minimum atomic E-state index is -4.51. The van der Waals surface area contributed by atoms with Crippen molar-refractivity contribution >= 4 is 17.9 Å². The number of nitrogens with one attached hydrogen (secondary N) is 2. The van der Waals surface area contributed by atoms with Crippen molar-refractivity contribution in [3.05, 3.63) is 11.8 Å². The third-order valence-electron chi connectivity index (χ3n) is 4.28. The van der Waals surface area contributed by atoms with E-state index in [1.165, 1.54) is 19.0 Å². The van der Waals surface area contributed by atoms with Crippen molar-refractivity contribution < 1.29 is 22.7 Å². The van der Waals surface area contributed by atoms with Gasteiger partial charge in [-0.25, -0.2) is 9.78 Å². The number of anilines is 2. The summed E-state index contributed by atoms with van der Waals surface area (Å²) in [6, 6.07) is 0.0437. The molecule has 0 unspecified atom stereocenters. The molecule has 1 aromatic heterocycles. The van der Waals surface area contributed by atoms with Crippen LogP contribution >= 0.6 is 0 Å². The van der Waals surface area contributed by atoms with E-state index in [9.17, 15) is 18.0 Å². The average Bonchev–Trinajstić information content (AvgIpc) is 2.53. The molecule has 0 spiro atoms. The van der Waals surface area contributed by atoms with E-state index in [1.807, 2.05) is 0 Å². The number of aromatic nitrogens is 2. The number of amides is 1. The fourth-order valence-electron chi connectivity index (χ4n) is 3.02. The van der Waals surface area contributed by atoms with E-state index < -0.39 is 23.4 Å². The Kier molecular flexibility index (Phi) is 6.61. The van der Waals surface area contributed by atoms with Gasteiger partial charge in [0.1, 0.15) is 17.0 Å². The molecular weight excluding hydrogens is 375 g/mol. The Hall–Kier alpha value is -2.26. The molecule has 1 aliphatic carbocycles. The van der Waals surface area contributed by atoms with Gasteiger partial charge in [0.05, 0.1) is 0 Å². The molecule has 0 radical (unpaired) electrons. The van der Waals surface area contributed by atoms with Crippen LogP contribution in [0.2, 0.25) is 0 Å². The van der Waals surface area contributed by atoms with Crippen LogP contribution in [0, 0.1) is 0 Å². The van der Waals surface area contributed by atoms with E-state index in [0.717, 1.165) is 31.9 Å². The second-order valence-electron chi connectivity index (χ2n) is 8.16. The molecular formula is C18H28F3N5O2. The molecule has 28 heavy (non-hydrogen) atoms. The summed E-state index contributed by atoms with van der Waals surface area (Å²) in [6.45, 7) is 5.42. The monoisotopic (exact) mass is 403 g/mol. The van der Waals surface area contributed by atoms with E-state index in [1.54, 1.807) is 20.8 Å². The van der Waals surface area contributed by atoms with Crippen molar-refractivity contribution in [1.29, 1.82) is 0 Å². The topological polar surface area (TPSA) is 79.4 Å².